The zero-order chi connectivity index (χ0) is 9.31. The molecule has 2 rings (SSSR count). The first-order valence-corrected chi connectivity index (χ1v) is 5.12. The van der Waals surface area contributed by atoms with Crippen molar-refractivity contribution in [3.05, 3.63) is 12.2 Å². The molecule has 2 aliphatic rings. The van der Waals surface area contributed by atoms with E-state index in [0.717, 1.165) is 6.61 Å². The van der Waals surface area contributed by atoms with Crippen LogP contribution in [0.4, 0.5) is 0 Å². The van der Waals surface area contributed by atoms with Gasteiger partial charge in [-0.1, -0.05) is 12.2 Å². The quantitative estimate of drug-likeness (QED) is 0.492. The SMILES string of the molecule is CC=CC1CCCC2(COC)OC12. The van der Waals surface area contributed by atoms with Crippen LogP contribution in [-0.4, -0.2) is 25.4 Å². The number of rotatable bonds is 3. The van der Waals surface area contributed by atoms with E-state index < -0.39 is 0 Å². The van der Waals surface area contributed by atoms with Gasteiger partial charge in [0.05, 0.1) is 12.7 Å². The minimum absolute atomic E-state index is 0.0944. The lowest BCUT2D eigenvalue weighted by atomic mass is 9.82. The maximum atomic E-state index is 5.79. The van der Waals surface area contributed by atoms with Crippen molar-refractivity contribution in [2.24, 2.45) is 5.92 Å². The molecule has 0 amide bonds. The molecule has 0 aromatic rings. The highest BCUT2D eigenvalue weighted by Crippen LogP contribution is 2.51. The summed E-state index contributed by atoms with van der Waals surface area (Å²) in [4.78, 5) is 0. The predicted molar refractivity (Wildman–Crippen MR) is 51.6 cm³/mol. The number of ether oxygens (including phenoxy) is 2. The third-order valence-corrected chi connectivity index (χ3v) is 3.18. The van der Waals surface area contributed by atoms with Gasteiger partial charge in [-0.05, 0) is 26.2 Å². The summed E-state index contributed by atoms with van der Waals surface area (Å²) in [6.07, 6.45) is 8.59. The minimum atomic E-state index is 0.0944. The van der Waals surface area contributed by atoms with E-state index in [4.69, 9.17) is 9.47 Å². The topological polar surface area (TPSA) is 21.8 Å². The maximum Gasteiger partial charge on any atom is 0.119 e. The molecule has 2 heteroatoms. The molecule has 0 N–H and O–H groups in total. The molecule has 1 aliphatic carbocycles. The monoisotopic (exact) mass is 182 g/mol. The molecule has 13 heavy (non-hydrogen) atoms. The van der Waals surface area contributed by atoms with Crippen LogP contribution < -0.4 is 0 Å². The lowest BCUT2D eigenvalue weighted by molar-refractivity contribution is 0.114. The van der Waals surface area contributed by atoms with Crippen molar-refractivity contribution in [3.8, 4) is 0 Å². The molecule has 3 atom stereocenters. The van der Waals surface area contributed by atoms with E-state index in [2.05, 4.69) is 19.1 Å². The predicted octanol–water partition coefficient (Wildman–Crippen LogP) is 2.15. The highest BCUT2D eigenvalue weighted by atomic mass is 16.6. The highest BCUT2D eigenvalue weighted by molar-refractivity contribution is 5.13. The van der Waals surface area contributed by atoms with Gasteiger partial charge in [0.1, 0.15) is 5.60 Å². The van der Waals surface area contributed by atoms with E-state index >= 15 is 0 Å². The minimum Gasteiger partial charge on any atom is -0.382 e. The van der Waals surface area contributed by atoms with Crippen LogP contribution in [0.5, 0.6) is 0 Å². The molecule has 1 aliphatic heterocycles. The molecular weight excluding hydrogens is 164 g/mol. The van der Waals surface area contributed by atoms with Crippen molar-refractivity contribution in [2.45, 2.75) is 37.9 Å². The Kier molecular flexibility index (Phi) is 2.43. The molecule has 0 bridgehead atoms. The molecule has 1 saturated carbocycles. The Morgan fingerprint density at radius 1 is 1.62 bits per heavy atom. The van der Waals surface area contributed by atoms with Gasteiger partial charge in [-0.2, -0.15) is 0 Å². The molecule has 0 aromatic heterocycles. The van der Waals surface area contributed by atoms with Crippen molar-refractivity contribution >= 4 is 0 Å². The Morgan fingerprint density at radius 2 is 2.46 bits per heavy atom. The lowest BCUT2D eigenvalue weighted by Crippen LogP contribution is -2.29. The van der Waals surface area contributed by atoms with Crippen molar-refractivity contribution in [1.29, 1.82) is 0 Å². The van der Waals surface area contributed by atoms with E-state index in [1.807, 2.05) is 0 Å². The standard InChI is InChI=1S/C11H18O2/c1-3-5-9-6-4-7-11(8-12-2)10(9)13-11/h3,5,9-10H,4,6-8H2,1-2H3. The van der Waals surface area contributed by atoms with Crippen molar-refractivity contribution in [1.82, 2.24) is 0 Å². The number of epoxide rings is 1. The number of hydrogen-bond donors (Lipinski definition) is 0. The highest BCUT2D eigenvalue weighted by Gasteiger charge is 2.60. The fourth-order valence-corrected chi connectivity index (χ4v) is 2.56. The average molecular weight is 182 g/mol. The van der Waals surface area contributed by atoms with Gasteiger partial charge in [0.15, 0.2) is 0 Å². The molecule has 3 unspecified atom stereocenters. The molecule has 0 aromatic carbocycles. The van der Waals surface area contributed by atoms with E-state index in [1.54, 1.807) is 7.11 Å². The van der Waals surface area contributed by atoms with Gasteiger partial charge in [0.25, 0.3) is 0 Å². The summed E-state index contributed by atoms with van der Waals surface area (Å²) in [6, 6.07) is 0. The Bertz CT molecular complexity index is 208. The van der Waals surface area contributed by atoms with Crippen LogP contribution in [0.15, 0.2) is 12.2 Å². The Hall–Kier alpha value is -0.340. The summed E-state index contributed by atoms with van der Waals surface area (Å²) >= 11 is 0. The van der Waals surface area contributed by atoms with Crippen LogP contribution in [-0.2, 0) is 9.47 Å². The van der Waals surface area contributed by atoms with E-state index in [-0.39, 0.29) is 5.60 Å². The van der Waals surface area contributed by atoms with Crippen molar-refractivity contribution in [2.75, 3.05) is 13.7 Å². The summed E-state index contributed by atoms with van der Waals surface area (Å²) in [5, 5.41) is 0. The Labute approximate surface area is 79.9 Å². The smallest absolute Gasteiger partial charge is 0.119 e. The van der Waals surface area contributed by atoms with Crippen LogP contribution in [0.2, 0.25) is 0 Å². The zero-order valence-electron chi connectivity index (χ0n) is 8.45. The first kappa shape index (κ1) is 9.22. The fourth-order valence-electron chi connectivity index (χ4n) is 2.56. The van der Waals surface area contributed by atoms with Crippen LogP contribution in [0.1, 0.15) is 26.2 Å². The summed E-state index contributed by atoms with van der Waals surface area (Å²) in [5.41, 5.74) is 0.0944. The van der Waals surface area contributed by atoms with Crippen LogP contribution in [0.3, 0.4) is 0 Å². The maximum absolute atomic E-state index is 5.79. The molecule has 1 heterocycles. The van der Waals surface area contributed by atoms with Crippen LogP contribution >= 0.6 is 0 Å². The lowest BCUT2D eigenvalue weighted by Gasteiger charge is -2.21. The average Bonchev–Trinajstić information content (AvgIpc) is 2.81. The number of methoxy groups -OCH3 is 1. The molecule has 0 spiro atoms. The second kappa shape index (κ2) is 3.43. The van der Waals surface area contributed by atoms with Gasteiger partial charge in [0.2, 0.25) is 0 Å². The first-order chi connectivity index (χ1) is 6.32. The zero-order valence-corrected chi connectivity index (χ0v) is 8.45. The van der Waals surface area contributed by atoms with Gasteiger partial charge in [-0.3, -0.25) is 0 Å². The number of hydrogen-bond acceptors (Lipinski definition) is 2. The van der Waals surface area contributed by atoms with Gasteiger partial charge in [0, 0.05) is 13.0 Å². The van der Waals surface area contributed by atoms with E-state index in [0.29, 0.717) is 12.0 Å². The molecule has 74 valence electrons. The first-order valence-electron chi connectivity index (χ1n) is 5.12. The van der Waals surface area contributed by atoms with Gasteiger partial charge < -0.3 is 9.47 Å². The summed E-state index contributed by atoms with van der Waals surface area (Å²) in [7, 11) is 1.76. The molecule has 0 radical (unpaired) electrons. The summed E-state index contributed by atoms with van der Waals surface area (Å²) in [6.45, 7) is 2.85. The number of fused-ring (bicyclic) bond motifs is 1. The number of allylic oxidation sites excluding steroid dienone is 1. The van der Waals surface area contributed by atoms with E-state index in [1.165, 1.54) is 19.3 Å². The normalized spacial score (nSPS) is 43.5. The van der Waals surface area contributed by atoms with Crippen LogP contribution in [0.25, 0.3) is 0 Å². The second-order valence-corrected chi connectivity index (χ2v) is 4.12. The van der Waals surface area contributed by atoms with Gasteiger partial charge >= 0.3 is 0 Å². The molecule has 2 fully saturated rings. The third-order valence-electron chi connectivity index (χ3n) is 3.18. The Morgan fingerprint density at radius 3 is 3.15 bits per heavy atom. The summed E-state index contributed by atoms with van der Waals surface area (Å²) < 4.78 is 11.0. The van der Waals surface area contributed by atoms with Gasteiger partial charge in [-0.15, -0.1) is 0 Å². The largest absolute Gasteiger partial charge is 0.382 e. The third kappa shape index (κ3) is 1.53. The van der Waals surface area contributed by atoms with E-state index in [9.17, 15) is 0 Å². The van der Waals surface area contributed by atoms with Crippen LogP contribution in [0, 0.1) is 5.92 Å². The van der Waals surface area contributed by atoms with Crippen molar-refractivity contribution < 1.29 is 9.47 Å². The van der Waals surface area contributed by atoms with Crippen molar-refractivity contribution in [3.63, 3.8) is 0 Å². The summed E-state index contributed by atoms with van der Waals surface area (Å²) in [5.74, 6) is 0.633. The fraction of sp³-hybridized carbons (Fsp3) is 0.818. The second-order valence-electron chi connectivity index (χ2n) is 4.12. The molecular formula is C11H18O2. The van der Waals surface area contributed by atoms with Gasteiger partial charge in [-0.25, -0.2) is 0 Å². The molecule has 1 saturated heterocycles. The molecule has 2 nitrogen and oxygen atoms in total. The Balaban J connectivity index is 1.98.